The summed E-state index contributed by atoms with van der Waals surface area (Å²) < 4.78 is 1.72. The molecule has 5 heteroatoms. The molecule has 0 aliphatic heterocycles. The summed E-state index contributed by atoms with van der Waals surface area (Å²) in [4.78, 5) is 4.17. The van der Waals surface area contributed by atoms with Gasteiger partial charge in [-0.15, -0.1) is 0 Å². The highest BCUT2D eigenvalue weighted by molar-refractivity contribution is 6.29. The number of hydrogen-bond acceptors (Lipinski definition) is 3. The quantitative estimate of drug-likeness (QED) is 0.761. The van der Waals surface area contributed by atoms with Gasteiger partial charge in [0.15, 0.2) is 5.65 Å². The largest absolute Gasteiger partial charge is 0.373 e. The first-order valence-electron chi connectivity index (χ1n) is 4.91. The van der Waals surface area contributed by atoms with Crippen molar-refractivity contribution in [3.05, 3.63) is 23.0 Å². The lowest BCUT2D eigenvalue weighted by Gasteiger charge is -2.03. The van der Waals surface area contributed by atoms with E-state index in [1.165, 1.54) is 0 Å². The van der Waals surface area contributed by atoms with E-state index in [0.717, 1.165) is 17.0 Å². The first-order valence-corrected chi connectivity index (χ1v) is 5.29. The molecule has 0 unspecified atom stereocenters. The fourth-order valence-electron chi connectivity index (χ4n) is 1.22. The third-order valence-electron chi connectivity index (χ3n) is 1.87. The summed E-state index contributed by atoms with van der Waals surface area (Å²) in [5.74, 6) is 0.836. The first kappa shape index (κ1) is 11.8. The average molecular weight is 227 g/mol. The van der Waals surface area contributed by atoms with Gasteiger partial charge in [0, 0.05) is 18.7 Å². The van der Waals surface area contributed by atoms with E-state index >= 15 is 0 Å². The zero-order valence-electron chi connectivity index (χ0n) is 9.37. The Bertz CT molecular complexity index is 450. The van der Waals surface area contributed by atoms with Crippen molar-refractivity contribution in [2.24, 2.45) is 0 Å². The fraction of sp³-hybridized carbons (Fsp3) is 0.400. The average Bonchev–Trinajstić information content (AvgIpc) is 2.62. The van der Waals surface area contributed by atoms with E-state index in [-0.39, 0.29) is 0 Å². The molecule has 15 heavy (non-hydrogen) atoms. The molecule has 0 spiro atoms. The van der Waals surface area contributed by atoms with Crippen LogP contribution in [0.3, 0.4) is 0 Å². The number of halogens is 1. The number of nitrogens with one attached hydrogen (secondary N) is 1. The van der Waals surface area contributed by atoms with Crippen molar-refractivity contribution in [1.82, 2.24) is 14.6 Å². The van der Waals surface area contributed by atoms with Gasteiger partial charge in [-0.3, -0.25) is 0 Å². The minimum Gasteiger partial charge on any atom is -0.373 e. The number of nitrogens with zero attached hydrogens (tertiary/aromatic N) is 3. The van der Waals surface area contributed by atoms with Gasteiger partial charge in [-0.25, -0.2) is 4.98 Å². The lowest BCUT2D eigenvalue weighted by Crippen LogP contribution is -2.00. The number of rotatable bonds is 1. The van der Waals surface area contributed by atoms with Crippen molar-refractivity contribution < 1.29 is 0 Å². The Morgan fingerprint density at radius 1 is 1.40 bits per heavy atom. The topological polar surface area (TPSA) is 42.2 Å². The molecule has 2 heterocycles. The molecule has 2 rings (SSSR count). The van der Waals surface area contributed by atoms with Crippen LogP contribution in [-0.2, 0) is 0 Å². The van der Waals surface area contributed by atoms with Crippen LogP contribution in [0.1, 0.15) is 19.4 Å². The van der Waals surface area contributed by atoms with E-state index in [4.69, 9.17) is 11.6 Å². The zero-order valence-corrected chi connectivity index (χ0v) is 10.1. The van der Waals surface area contributed by atoms with Crippen LogP contribution < -0.4 is 5.32 Å². The standard InChI is InChI=1S/C8H9ClN4.C2H6/c1-5-4-11-13-7(10-2)3-6(9)12-8(5)13;1-2/h3-4,10H,1-2H3;1-2H3. The minimum atomic E-state index is 0.473. The Hall–Kier alpha value is -1.29. The van der Waals surface area contributed by atoms with E-state index in [0.29, 0.717) is 5.15 Å². The monoisotopic (exact) mass is 226 g/mol. The number of fused-ring (bicyclic) bond motifs is 1. The molecule has 0 aliphatic rings. The number of hydrogen-bond donors (Lipinski definition) is 1. The predicted molar refractivity (Wildman–Crippen MR) is 63.6 cm³/mol. The minimum absolute atomic E-state index is 0.473. The second kappa shape index (κ2) is 4.98. The molecular weight excluding hydrogens is 212 g/mol. The lowest BCUT2D eigenvalue weighted by atomic mass is 10.4. The lowest BCUT2D eigenvalue weighted by molar-refractivity contribution is 0.943. The summed E-state index contributed by atoms with van der Waals surface area (Å²) in [6.45, 7) is 5.95. The molecule has 4 nitrogen and oxygen atoms in total. The molecule has 0 aromatic carbocycles. The van der Waals surface area contributed by atoms with Crippen LogP contribution in [-0.4, -0.2) is 21.6 Å². The Morgan fingerprint density at radius 2 is 2.07 bits per heavy atom. The second-order valence-electron chi connectivity index (χ2n) is 2.78. The Labute approximate surface area is 94.3 Å². The molecule has 1 N–H and O–H groups in total. The van der Waals surface area contributed by atoms with E-state index in [1.54, 1.807) is 16.8 Å². The molecular formula is C10H15ClN4. The summed E-state index contributed by atoms with van der Waals surface area (Å²) >= 11 is 5.84. The summed E-state index contributed by atoms with van der Waals surface area (Å²) in [5.41, 5.74) is 1.80. The van der Waals surface area contributed by atoms with Crippen molar-refractivity contribution >= 4 is 23.1 Å². The number of anilines is 1. The number of aromatic nitrogens is 3. The number of aryl methyl sites for hydroxylation is 1. The Balaban J connectivity index is 0.000000531. The van der Waals surface area contributed by atoms with Crippen LogP contribution in [0.4, 0.5) is 5.82 Å². The van der Waals surface area contributed by atoms with Crippen molar-refractivity contribution in [3.8, 4) is 0 Å². The molecule has 0 aliphatic carbocycles. The van der Waals surface area contributed by atoms with Crippen molar-refractivity contribution in [3.63, 3.8) is 0 Å². The Morgan fingerprint density at radius 3 is 2.67 bits per heavy atom. The highest BCUT2D eigenvalue weighted by Crippen LogP contribution is 2.17. The van der Waals surface area contributed by atoms with Crippen LogP contribution in [0.25, 0.3) is 5.65 Å². The van der Waals surface area contributed by atoms with Gasteiger partial charge in [0.1, 0.15) is 11.0 Å². The maximum Gasteiger partial charge on any atom is 0.161 e. The fourth-order valence-corrected chi connectivity index (χ4v) is 1.40. The molecule has 0 bridgehead atoms. The van der Waals surface area contributed by atoms with E-state index < -0.39 is 0 Å². The van der Waals surface area contributed by atoms with Gasteiger partial charge >= 0.3 is 0 Å². The van der Waals surface area contributed by atoms with E-state index in [2.05, 4.69) is 15.4 Å². The molecule has 0 atom stereocenters. The smallest absolute Gasteiger partial charge is 0.161 e. The maximum absolute atomic E-state index is 5.84. The third kappa shape index (κ3) is 2.21. The van der Waals surface area contributed by atoms with Crippen LogP contribution >= 0.6 is 11.6 Å². The van der Waals surface area contributed by atoms with Gasteiger partial charge in [0.05, 0.1) is 6.20 Å². The highest BCUT2D eigenvalue weighted by atomic mass is 35.5. The zero-order chi connectivity index (χ0) is 11.4. The van der Waals surface area contributed by atoms with Gasteiger partial charge in [-0.05, 0) is 6.92 Å². The van der Waals surface area contributed by atoms with Crippen molar-refractivity contribution in [2.75, 3.05) is 12.4 Å². The van der Waals surface area contributed by atoms with Gasteiger partial charge in [-0.1, -0.05) is 25.4 Å². The van der Waals surface area contributed by atoms with Crippen LogP contribution in [0.2, 0.25) is 5.15 Å². The molecule has 0 saturated carbocycles. The molecule has 0 amide bonds. The summed E-state index contributed by atoms with van der Waals surface area (Å²) in [5, 5.41) is 7.64. The Kier molecular flexibility index (Phi) is 3.91. The van der Waals surface area contributed by atoms with Gasteiger partial charge in [-0.2, -0.15) is 9.61 Å². The van der Waals surface area contributed by atoms with E-state index in [9.17, 15) is 0 Å². The SMILES string of the molecule is CC.CNc1cc(Cl)nc2c(C)cnn12. The molecule has 0 fully saturated rings. The van der Waals surface area contributed by atoms with Crippen molar-refractivity contribution in [1.29, 1.82) is 0 Å². The normalized spacial score (nSPS) is 9.67. The van der Waals surface area contributed by atoms with Crippen LogP contribution in [0.15, 0.2) is 12.3 Å². The summed E-state index contributed by atoms with van der Waals surface area (Å²) in [6.07, 6.45) is 1.76. The second-order valence-corrected chi connectivity index (χ2v) is 3.16. The van der Waals surface area contributed by atoms with Crippen molar-refractivity contribution in [2.45, 2.75) is 20.8 Å². The summed E-state index contributed by atoms with van der Waals surface area (Å²) in [6, 6.07) is 1.74. The molecule has 82 valence electrons. The first-order chi connectivity index (χ1) is 7.22. The van der Waals surface area contributed by atoms with Gasteiger partial charge in [0.2, 0.25) is 0 Å². The summed E-state index contributed by atoms with van der Waals surface area (Å²) in [7, 11) is 1.82. The van der Waals surface area contributed by atoms with Gasteiger partial charge in [0.25, 0.3) is 0 Å². The molecule has 0 saturated heterocycles. The van der Waals surface area contributed by atoms with Gasteiger partial charge < -0.3 is 5.32 Å². The third-order valence-corrected chi connectivity index (χ3v) is 2.07. The highest BCUT2D eigenvalue weighted by Gasteiger charge is 2.06. The molecule has 2 aromatic heterocycles. The maximum atomic E-state index is 5.84. The van der Waals surface area contributed by atoms with Crippen LogP contribution in [0.5, 0.6) is 0 Å². The molecule has 0 radical (unpaired) electrons. The van der Waals surface area contributed by atoms with E-state index in [1.807, 2.05) is 27.8 Å². The predicted octanol–water partition coefficient (Wildman–Crippen LogP) is 2.76. The molecule has 2 aromatic rings. The van der Waals surface area contributed by atoms with Crippen LogP contribution in [0, 0.1) is 6.92 Å².